The van der Waals surface area contributed by atoms with Gasteiger partial charge in [0.15, 0.2) is 11.5 Å². The fourth-order valence-corrected chi connectivity index (χ4v) is 1.54. The maximum atomic E-state index is 11.4. The highest BCUT2D eigenvalue weighted by Crippen LogP contribution is 2.29. The third-order valence-electron chi connectivity index (χ3n) is 1.72. The highest BCUT2D eigenvalue weighted by atomic mass is 35.5. The number of Topliss-reactive ketones (excluding diaryl/α,β-unsaturated/α-hetero) is 1. The van der Waals surface area contributed by atoms with Crippen LogP contribution in [-0.2, 0) is 0 Å². The molecule has 0 bridgehead atoms. The van der Waals surface area contributed by atoms with Gasteiger partial charge >= 0.3 is 0 Å². The Bertz CT molecular complexity index is 497. The first-order valence-corrected chi connectivity index (χ1v) is 4.91. The first-order chi connectivity index (χ1) is 6.86. The Labute approximate surface area is 100 Å². The van der Waals surface area contributed by atoms with Crippen LogP contribution in [0.4, 0.5) is 0 Å². The van der Waals surface area contributed by atoms with E-state index in [1.165, 1.54) is 6.92 Å². The molecule has 1 rings (SSSR count). The van der Waals surface area contributed by atoms with E-state index in [1.54, 1.807) is 0 Å². The number of rotatable bonds is 1. The Morgan fingerprint density at radius 2 is 1.80 bits per heavy atom. The SMILES string of the molecule is CC(=O)c1cc(Cl)c(Cl)c(Cl)c(=O)c1O. The molecule has 0 aliphatic carbocycles. The van der Waals surface area contributed by atoms with Crippen molar-refractivity contribution in [1.29, 1.82) is 0 Å². The Hall–Kier alpha value is -0.770. The first kappa shape index (κ1) is 12.3. The minimum Gasteiger partial charge on any atom is -0.504 e. The summed E-state index contributed by atoms with van der Waals surface area (Å²) in [5.74, 6) is -1.25. The molecule has 0 aliphatic heterocycles. The molecular formula is C9H5Cl3O3. The standard InChI is InChI=1S/C9H5Cl3O3/c1-3(13)4-2-5(10)6(11)7(12)9(15)8(4)14/h2H,1H3,(H,14,15). The van der Waals surface area contributed by atoms with Crippen LogP contribution in [0.1, 0.15) is 17.3 Å². The molecular weight excluding hydrogens is 262 g/mol. The molecule has 3 nitrogen and oxygen atoms in total. The van der Waals surface area contributed by atoms with Gasteiger partial charge in [0.2, 0.25) is 5.43 Å². The van der Waals surface area contributed by atoms with Crippen LogP contribution in [0.3, 0.4) is 0 Å². The van der Waals surface area contributed by atoms with Crippen LogP contribution in [0, 0.1) is 0 Å². The van der Waals surface area contributed by atoms with Crippen molar-refractivity contribution in [3.8, 4) is 5.75 Å². The van der Waals surface area contributed by atoms with Crippen molar-refractivity contribution in [3.63, 3.8) is 0 Å². The van der Waals surface area contributed by atoms with Crippen LogP contribution in [-0.4, -0.2) is 10.9 Å². The molecule has 6 heteroatoms. The monoisotopic (exact) mass is 266 g/mol. The van der Waals surface area contributed by atoms with Crippen molar-refractivity contribution in [2.24, 2.45) is 0 Å². The number of ketones is 1. The van der Waals surface area contributed by atoms with E-state index in [1.807, 2.05) is 0 Å². The molecule has 0 aliphatic rings. The zero-order valence-corrected chi connectivity index (χ0v) is 9.74. The molecule has 1 N–H and O–H groups in total. The summed E-state index contributed by atoms with van der Waals surface area (Å²) in [5, 5.41) is 8.76. The summed E-state index contributed by atoms with van der Waals surface area (Å²) in [5.41, 5.74) is -1.13. The van der Waals surface area contributed by atoms with Crippen molar-refractivity contribution in [3.05, 3.63) is 36.9 Å². The summed E-state index contributed by atoms with van der Waals surface area (Å²) in [6.07, 6.45) is 0. The molecule has 0 radical (unpaired) electrons. The molecule has 15 heavy (non-hydrogen) atoms. The van der Waals surface area contributed by atoms with Crippen molar-refractivity contribution in [2.45, 2.75) is 6.92 Å². The van der Waals surface area contributed by atoms with Crippen molar-refractivity contribution in [2.75, 3.05) is 0 Å². The van der Waals surface area contributed by atoms with Crippen LogP contribution in [0.25, 0.3) is 0 Å². The first-order valence-electron chi connectivity index (χ1n) is 3.78. The van der Waals surface area contributed by atoms with E-state index in [0.717, 1.165) is 6.07 Å². The topological polar surface area (TPSA) is 54.4 Å². The summed E-state index contributed by atoms with van der Waals surface area (Å²) in [6, 6.07) is 1.11. The normalized spacial score (nSPS) is 10.1. The van der Waals surface area contributed by atoms with Crippen molar-refractivity contribution in [1.82, 2.24) is 0 Å². The summed E-state index contributed by atoms with van der Waals surface area (Å²) < 4.78 is 0. The molecule has 1 aromatic carbocycles. The van der Waals surface area contributed by atoms with Gasteiger partial charge < -0.3 is 5.11 Å². The van der Waals surface area contributed by atoms with Crippen molar-refractivity contribution >= 4 is 40.6 Å². The van der Waals surface area contributed by atoms with E-state index in [9.17, 15) is 14.7 Å². The van der Waals surface area contributed by atoms with Gasteiger partial charge in [-0.05, 0) is 13.0 Å². The van der Waals surface area contributed by atoms with E-state index < -0.39 is 22.0 Å². The van der Waals surface area contributed by atoms with E-state index in [4.69, 9.17) is 34.8 Å². The predicted octanol–water partition coefficient (Wildman–Crippen LogP) is 2.92. The highest BCUT2D eigenvalue weighted by Gasteiger charge is 2.15. The second-order valence-electron chi connectivity index (χ2n) is 2.77. The average molecular weight is 267 g/mol. The zero-order valence-electron chi connectivity index (χ0n) is 7.47. The summed E-state index contributed by atoms with van der Waals surface area (Å²) in [6.45, 7) is 1.19. The van der Waals surface area contributed by atoms with Gasteiger partial charge in [0.05, 0.1) is 15.6 Å². The number of carbonyl (C=O) groups excluding carboxylic acids is 1. The molecule has 0 aromatic heterocycles. The fraction of sp³-hybridized carbons (Fsp3) is 0.111. The van der Waals surface area contributed by atoms with Gasteiger partial charge in [0, 0.05) is 0 Å². The molecule has 80 valence electrons. The van der Waals surface area contributed by atoms with Gasteiger partial charge in [-0.15, -0.1) is 0 Å². The highest BCUT2D eigenvalue weighted by molar-refractivity contribution is 6.47. The number of hydrogen-bond acceptors (Lipinski definition) is 3. The smallest absolute Gasteiger partial charge is 0.240 e. The second kappa shape index (κ2) is 4.39. The largest absolute Gasteiger partial charge is 0.504 e. The molecule has 0 heterocycles. The maximum absolute atomic E-state index is 11.4. The van der Waals surface area contributed by atoms with Crippen LogP contribution in [0.15, 0.2) is 10.9 Å². The van der Waals surface area contributed by atoms with Gasteiger partial charge in [-0.2, -0.15) is 0 Å². The number of aromatic hydroxyl groups is 1. The van der Waals surface area contributed by atoms with E-state index in [-0.39, 0.29) is 15.6 Å². The second-order valence-corrected chi connectivity index (χ2v) is 3.93. The third-order valence-corrected chi connectivity index (χ3v) is 2.97. The Morgan fingerprint density at radius 1 is 1.27 bits per heavy atom. The minimum absolute atomic E-state index is 0.0655. The number of hydrogen-bond donors (Lipinski definition) is 1. The Balaban J connectivity index is 3.86. The van der Waals surface area contributed by atoms with Gasteiger partial charge in [-0.1, -0.05) is 34.8 Å². The molecule has 0 fully saturated rings. The molecule has 0 saturated heterocycles. The van der Waals surface area contributed by atoms with E-state index >= 15 is 0 Å². The lowest BCUT2D eigenvalue weighted by Crippen LogP contribution is -2.02. The molecule has 1 aromatic rings. The molecule has 0 spiro atoms. The Morgan fingerprint density at radius 3 is 2.27 bits per heavy atom. The zero-order chi connectivity index (χ0) is 11.7. The van der Waals surface area contributed by atoms with Gasteiger partial charge in [-0.25, -0.2) is 0 Å². The maximum Gasteiger partial charge on any atom is 0.240 e. The summed E-state index contributed by atoms with van der Waals surface area (Å²) in [7, 11) is 0. The lowest BCUT2D eigenvalue weighted by molar-refractivity contribution is 0.101. The summed E-state index contributed by atoms with van der Waals surface area (Å²) >= 11 is 16.9. The summed E-state index contributed by atoms with van der Waals surface area (Å²) in [4.78, 5) is 22.5. The molecule has 0 unspecified atom stereocenters. The number of halogens is 3. The van der Waals surface area contributed by atoms with Crippen LogP contribution in [0.2, 0.25) is 15.1 Å². The van der Waals surface area contributed by atoms with Crippen LogP contribution >= 0.6 is 34.8 Å². The van der Waals surface area contributed by atoms with Crippen LogP contribution < -0.4 is 5.43 Å². The quantitative estimate of drug-likeness (QED) is 0.796. The van der Waals surface area contributed by atoms with Crippen molar-refractivity contribution < 1.29 is 9.90 Å². The van der Waals surface area contributed by atoms with Gasteiger partial charge in [0.1, 0.15) is 5.02 Å². The molecule has 0 saturated carbocycles. The van der Waals surface area contributed by atoms with E-state index in [0.29, 0.717) is 0 Å². The van der Waals surface area contributed by atoms with Crippen LogP contribution in [0.5, 0.6) is 5.75 Å². The fourth-order valence-electron chi connectivity index (χ4n) is 0.958. The Kier molecular flexibility index (Phi) is 3.60. The minimum atomic E-state index is -0.918. The molecule has 0 amide bonds. The number of carbonyl (C=O) groups is 1. The lowest BCUT2D eigenvalue weighted by Gasteiger charge is -1.92. The van der Waals surface area contributed by atoms with Gasteiger partial charge in [0.25, 0.3) is 0 Å². The van der Waals surface area contributed by atoms with Gasteiger partial charge in [-0.3, -0.25) is 9.59 Å². The third kappa shape index (κ3) is 2.25. The molecule has 0 atom stereocenters. The lowest BCUT2D eigenvalue weighted by atomic mass is 10.2. The predicted molar refractivity (Wildman–Crippen MR) is 59.4 cm³/mol. The van der Waals surface area contributed by atoms with E-state index in [2.05, 4.69) is 0 Å². The average Bonchev–Trinajstić information content (AvgIpc) is 2.25.